The Labute approximate surface area is 179 Å². The number of benzene rings is 3. The summed E-state index contributed by atoms with van der Waals surface area (Å²) in [5.74, 6) is 0.559. The highest BCUT2D eigenvalue weighted by molar-refractivity contribution is 5.98. The normalized spacial score (nSPS) is 15.4. The van der Waals surface area contributed by atoms with Gasteiger partial charge in [-0.1, -0.05) is 54.1 Å². The van der Waals surface area contributed by atoms with Crippen molar-refractivity contribution in [3.8, 4) is 5.75 Å². The van der Waals surface area contributed by atoms with E-state index in [1.54, 1.807) is 18.0 Å². The van der Waals surface area contributed by atoms with Crippen LogP contribution in [0.3, 0.4) is 0 Å². The van der Waals surface area contributed by atoms with Gasteiger partial charge in [0.15, 0.2) is 5.43 Å². The molecule has 31 heavy (non-hydrogen) atoms. The fourth-order valence-electron chi connectivity index (χ4n) is 4.08. The van der Waals surface area contributed by atoms with Crippen molar-refractivity contribution in [2.45, 2.75) is 19.6 Å². The third kappa shape index (κ3) is 3.28. The maximum absolute atomic E-state index is 13.3. The van der Waals surface area contributed by atoms with Crippen LogP contribution in [-0.2, 0) is 6.61 Å². The van der Waals surface area contributed by atoms with Crippen molar-refractivity contribution >= 4 is 16.9 Å². The summed E-state index contributed by atoms with van der Waals surface area (Å²) < 4.78 is 11.7. The van der Waals surface area contributed by atoms with E-state index in [2.05, 4.69) is 0 Å². The van der Waals surface area contributed by atoms with E-state index in [9.17, 15) is 9.59 Å². The fraction of sp³-hybridized carbons (Fsp3) is 0.154. The van der Waals surface area contributed by atoms with Crippen molar-refractivity contribution in [1.82, 2.24) is 4.90 Å². The molecule has 5 rings (SSSR count). The van der Waals surface area contributed by atoms with Gasteiger partial charge in [0.2, 0.25) is 5.76 Å². The van der Waals surface area contributed by atoms with Crippen LogP contribution < -0.4 is 10.2 Å². The van der Waals surface area contributed by atoms with E-state index in [-0.39, 0.29) is 17.1 Å². The first-order chi connectivity index (χ1) is 15.0. The van der Waals surface area contributed by atoms with E-state index in [1.807, 2.05) is 73.7 Å². The maximum Gasteiger partial charge on any atom is 0.290 e. The summed E-state index contributed by atoms with van der Waals surface area (Å²) in [6.07, 6.45) is 0. The number of carbonyl (C=O) groups is 1. The molecule has 0 radical (unpaired) electrons. The predicted molar refractivity (Wildman–Crippen MR) is 118 cm³/mol. The lowest BCUT2D eigenvalue weighted by molar-refractivity contribution is 0.0771. The van der Waals surface area contributed by atoms with Crippen LogP contribution in [0.1, 0.15) is 38.9 Å². The molecule has 0 N–H and O–H groups in total. The Morgan fingerprint density at radius 2 is 1.71 bits per heavy atom. The lowest BCUT2D eigenvalue weighted by Crippen LogP contribution is -2.25. The van der Waals surface area contributed by atoms with Gasteiger partial charge in [0.05, 0.1) is 17.0 Å². The largest absolute Gasteiger partial charge is 0.489 e. The molecule has 1 aliphatic heterocycles. The van der Waals surface area contributed by atoms with E-state index >= 15 is 0 Å². The second-order valence-electron chi connectivity index (χ2n) is 7.84. The highest BCUT2D eigenvalue weighted by Gasteiger charge is 2.40. The van der Waals surface area contributed by atoms with Crippen LogP contribution in [-0.4, -0.2) is 17.9 Å². The third-order valence-electron chi connectivity index (χ3n) is 5.70. The van der Waals surface area contributed by atoms with Crippen LogP contribution in [0.25, 0.3) is 11.0 Å². The number of aryl methyl sites for hydroxylation is 1. The summed E-state index contributed by atoms with van der Waals surface area (Å²) in [7, 11) is 1.69. The molecule has 2 heterocycles. The molecule has 0 spiro atoms. The molecule has 5 heteroatoms. The maximum atomic E-state index is 13.3. The zero-order chi connectivity index (χ0) is 21.5. The Morgan fingerprint density at radius 1 is 0.968 bits per heavy atom. The van der Waals surface area contributed by atoms with Gasteiger partial charge < -0.3 is 14.1 Å². The Morgan fingerprint density at radius 3 is 2.45 bits per heavy atom. The van der Waals surface area contributed by atoms with Gasteiger partial charge in [-0.25, -0.2) is 0 Å². The lowest BCUT2D eigenvalue weighted by atomic mass is 9.98. The summed E-state index contributed by atoms with van der Waals surface area (Å²) in [6, 6.07) is 22.4. The van der Waals surface area contributed by atoms with E-state index in [1.165, 1.54) is 0 Å². The number of carbonyl (C=O) groups excluding carboxylic acids is 1. The Kier molecular flexibility index (Phi) is 4.59. The van der Waals surface area contributed by atoms with Crippen molar-refractivity contribution in [2.24, 2.45) is 0 Å². The summed E-state index contributed by atoms with van der Waals surface area (Å²) in [4.78, 5) is 27.7. The molecule has 5 nitrogen and oxygen atoms in total. The number of hydrogen-bond acceptors (Lipinski definition) is 4. The molecule has 0 aliphatic carbocycles. The molecule has 0 saturated carbocycles. The molecule has 0 fully saturated rings. The van der Waals surface area contributed by atoms with Crippen molar-refractivity contribution in [1.29, 1.82) is 0 Å². The number of amides is 1. The van der Waals surface area contributed by atoms with Gasteiger partial charge in [0.1, 0.15) is 17.9 Å². The zero-order valence-corrected chi connectivity index (χ0v) is 17.3. The molecule has 0 bridgehead atoms. The predicted octanol–water partition coefficient (Wildman–Crippen LogP) is 4.86. The first kappa shape index (κ1) is 19.1. The average molecular weight is 411 g/mol. The summed E-state index contributed by atoms with van der Waals surface area (Å²) in [5, 5.41) is 0.495. The molecular weight excluding hydrogens is 390 g/mol. The lowest BCUT2D eigenvalue weighted by Gasteiger charge is -2.20. The van der Waals surface area contributed by atoms with Crippen molar-refractivity contribution in [3.63, 3.8) is 0 Å². The van der Waals surface area contributed by atoms with E-state index in [0.29, 0.717) is 23.1 Å². The highest BCUT2D eigenvalue weighted by atomic mass is 16.5. The highest BCUT2D eigenvalue weighted by Crippen LogP contribution is 2.37. The van der Waals surface area contributed by atoms with Gasteiger partial charge in [-0.2, -0.15) is 0 Å². The molecule has 1 aliphatic rings. The molecule has 154 valence electrons. The third-order valence-corrected chi connectivity index (χ3v) is 5.70. The molecule has 1 amide bonds. The van der Waals surface area contributed by atoms with E-state index < -0.39 is 6.04 Å². The van der Waals surface area contributed by atoms with Crippen LogP contribution >= 0.6 is 0 Å². The molecule has 1 atom stereocenters. The first-order valence-electron chi connectivity index (χ1n) is 10.1. The molecular formula is C26H21NO4. The van der Waals surface area contributed by atoms with Crippen LogP contribution in [0.5, 0.6) is 5.75 Å². The first-order valence-corrected chi connectivity index (χ1v) is 10.1. The number of ether oxygens (including phenoxy) is 1. The summed E-state index contributed by atoms with van der Waals surface area (Å²) >= 11 is 0. The van der Waals surface area contributed by atoms with E-state index in [0.717, 1.165) is 22.4 Å². The second kappa shape index (κ2) is 7.43. The minimum absolute atomic E-state index is 0.123. The molecule has 1 aromatic heterocycles. The number of rotatable bonds is 4. The number of nitrogens with zero attached hydrogens (tertiary/aromatic N) is 1. The van der Waals surface area contributed by atoms with Crippen LogP contribution in [0.4, 0.5) is 0 Å². The van der Waals surface area contributed by atoms with Gasteiger partial charge in [-0.05, 0) is 42.3 Å². The minimum Gasteiger partial charge on any atom is -0.489 e. The Bertz CT molecular complexity index is 1340. The quantitative estimate of drug-likeness (QED) is 0.481. The topological polar surface area (TPSA) is 59.8 Å². The number of fused-ring (bicyclic) bond motifs is 2. The molecule has 1 unspecified atom stereocenters. The van der Waals surface area contributed by atoms with Gasteiger partial charge in [-0.3, -0.25) is 9.59 Å². The fourth-order valence-corrected chi connectivity index (χ4v) is 4.08. The second-order valence-corrected chi connectivity index (χ2v) is 7.84. The zero-order valence-electron chi connectivity index (χ0n) is 17.3. The van der Waals surface area contributed by atoms with Crippen molar-refractivity contribution in [2.75, 3.05) is 7.05 Å². The monoisotopic (exact) mass is 411 g/mol. The van der Waals surface area contributed by atoms with Gasteiger partial charge in [0.25, 0.3) is 5.91 Å². The average Bonchev–Trinajstić information content (AvgIpc) is 3.05. The van der Waals surface area contributed by atoms with Gasteiger partial charge in [0, 0.05) is 7.05 Å². The number of hydrogen-bond donors (Lipinski definition) is 0. The molecule has 0 saturated heterocycles. The van der Waals surface area contributed by atoms with Crippen LogP contribution in [0, 0.1) is 6.92 Å². The van der Waals surface area contributed by atoms with E-state index in [4.69, 9.17) is 9.15 Å². The smallest absolute Gasteiger partial charge is 0.290 e. The van der Waals surface area contributed by atoms with Crippen molar-refractivity contribution in [3.05, 3.63) is 111 Å². The van der Waals surface area contributed by atoms with Crippen molar-refractivity contribution < 1.29 is 13.9 Å². The van der Waals surface area contributed by atoms with Crippen LogP contribution in [0.15, 0.2) is 82.0 Å². The molecule has 3 aromatic carbocycles. The van der Waals surface area contributed by atoms with Crippen LogP contribution in [0.2, 0.25) is 0 Å². The minimum atomic E-state index is -0.494. The van der Waals surface area contributed by atoms with Gasteiger partial charge in [-0.15, -0.1) is 0 Å². The summed E-state index contributed by atoms with van der Waals surface area (Å²) in [5.41, 5.74) is 3.55. The SMILES string of the molecule is Cc1ccc2oc3c(c(=O)c2c1)C(c1ccc(OCc2ccccc2)cc1)N(C)C3=O. The van der Waals surface area contributed by atoms with Gasteiger partial charge >= 0.3 is 0 Å². The standard InChI is InChI=1S/C26H21NO4/c1-16-8-13-21-20(14-16)24(28)22-23(27(2)26(29)25(22)31-21)18-9-11-19(12-10-18)30-15-17-6-4-3-5-7-17/h3-14,23H,15H2,1-2H3. The Hall–Kier alpha value is -3.86. The molecule has 4 aromatic rings. The summed E-state index contributed by atoms with van der Waals surface area (Å²) in [6.45, 7) is 2.40. The Balaban J connectivity index is 1.50.